The van der Waals surface area contributed by atoms with E-state index in [2.05, 4.69) is 25.0 Å². The number of hydrogen-bond acceptors (Lipinski definition) is 7. The minimum Gasteiger partial charge on any atom is -0.497 e. The number of carbonyl (C=O) groups excluding carboxylic acids is 1. The quantitative estimate of drug-likeness (QED) is 0.429. The Balaban J connectivity index is 1.43. The first-order chi connectivity index (χ1) is 16.0. The molecule has 10 heteroatoms. The number of hydrogen-bond donors (Lipinski definition) is 0. The molecule has 0 aliphatic carbocycles. The standard InChI is InChI=1S/C23H22ClN7O2/c1-15-11-17(12-20(24)28-15)22(32)30-9-7-29(8-10-30)21-19(13-25-23-26-14-27-31(21)23)16-3-5-18(33-2)6-4-16/h3-6,11-14H,7-10H2,1-2H3. The second-order valence-corrected chi connectivity index (χ2v) is 8.18. The number of nitrogens with zero attached hydrogens (tertiary/aromatic N) is 7. The number of benzene rings is 1. The van der Waals surface area contributed by atoms with E-state index < -0.39 is 0 Å². The van der Waals surface area contributed by atoms with Crippen molar-refractivity contribution >= 4 is 29.1 Å². The van der Waals surface area contributed by atoms with Gasteiger partial charge in [-0.25, -0.2) is 9.97 Å². The molecule has 5 rings (SSSR count). The second-order valence-electron chi connectivity index (χ2n) is 7.79. The number of anilines is 1. The van der Waals surface area contributed by atoms with Gasteiger partial charge in [0.25, 0.3) is 11.7 Å². The maximum atomic E-state index is 13.0. The molecule has 0 atom stereocenters. The van der Waals surface area contributed by atoms with Crippen molar-refractivity contribution in [2.45, 2.75) is 6.92 Å². The van der Waals surface area contributed by atoms with Crippen LogP contribution in [0.5, 0.6) is 5.75 Å². The summed E-state index contributed by atoms with van der Waals surface area (Å²) in [5.41, 5.74) is 3.21. The van der Waals surface area contributed by atoms with Gasteiger partial charge >= 0.3 is 0 Å². The number of carbonyl (C=O) groups is 1. The molecule has 0 N–H and O–H groups in total. The normalized spacial score (nSPS) is 14.0. The number of fused-ring (bicyclic) bond motifs is 1. The number of pyridine rings is 1. The average Bonchev–Trinajstić information content (AvgIpc) is 3.31. The third kappa shape index (κ3) is 4.07. The van der Waals surface area contributed by atoms with Crippen LogP contribution in [0, 0.1) is 6.92 Å². The Morgan fingerprint density at radius 1 is 1.06 bits per heavy atom. The van der Waals surface area contributed by atoms with Crippen molar-refractivity contribution in [2.75, 3.05) is 38.2 Å². The summed E-state index contributed by atoms with van der Waals surface area (Å²) in [6.45, 7) is 4.25. The zero-order valence-corrected chi connectivity index (χ0v) is 19.0. The van der Waals surface area contributed by atoms with Crippen molar-refractivity contribution in [1.29, 1.82) is 0 Å². The molecule has 9 nitrogen and oxygen atoms in total. The van der Waals surface area contributed by atoms with Gasteiger partial charge in [-0.2, -0.15) is 14.6 Å². The number of aryl methyl sites for hydroxylation is 1. The Bertz CT molecular complexity index is 1290. The molecule has 4 aromatic rings. The first-order valence-electron chi connectivity index (χ1n) is 10.5. The van der Waals surface area contributed by atoms with Gasteiger partial charge < -0.3 is 14.5 Å². The number of halogens is 1. The van der Waals surface area contributed by atoms with Crippen molar-refractivity contribution in [2.24, 2.45) is 0 Å². The van der Waals surface area contributed by atoms with E-state index in [0.717, 1.165) is 28.4 Å². The fraction of sp³-hybridized carbons (Fsp3) is 0.261. The van der Waals surface area contributed by atoms with Crippen LogP contribution in [-0.2, 0) is 0 Å². The number of piperazine rings is 1. The summed E-state index contributed by atoms with van der Waals surface area (Å²) in [6.07, 6.45) is 3.32. The summed E-state index contributed by atoms with van der Waals surface area (Å²) in [7, 11) is 1.64. The van der Waals surface area contributed by atoms with Crippen molar-refractivity contribution in [3.05, 3.63) is 65.3 Å². The molecule has 0 saturated carbocycles. The van der Waals surface area contributed by atoms with Crippen LogP contribution in [-0.4, -0.2) is 68.7 Å². The van der Waals surface area contributed by atoms with Crippen molar-refractivity contribution in [1.82, 2.24) is 29.5 Å². The van der Waals surface area contributed by atoms with Gasteiger partial charge in [-0.15, -0.1) is 0 Å². The van der Waals surface area contributed by atoms with Gasteiger partial charge in [-0.3, -0.25) is 4.79 Å². The number of methoxy groups -OCH3 is 1. The fourth-order valence-electron chi connectivity index (χ4n) is 4.10. The molecule has 1 fully saturated rings. The monoisotopic (exact) mass is 463 g/mol. The highest BCUT2D eigenvalue weighted by atomic mass is 35.5. The van der Waals surface area contributed by atoms with E-state index in [9.17, 15) is 4.79 Å². The van der Waals surface area contributed by atoms with E-state index in [-0.39, 0.29) is 5.91 Å². The predicted molar refractivity (Wildman–Crippen MR) is 125 cm³/mol. The zero-order valence-electron chi connectivity index (χ0n) is 18.3. The van der Waals surface area contributed by atoms with Gasteiger partial charge in [0.1, 0.15) is 23.0 Å². The number of aromatic nitrogens is 5. The number of rotatable bonds is 4. The molecule has 1 aliphatic heterocycles. The summed E-state index contributed by atoms with van der Waals surface area (Å²) in [6, 6.07) is 11.2. The number of amides is 1. The van der Waals surface area contributed by atoms with Crippen LogP contribution in [0.1, 0.15) is 16.1 Å². The van der Waals surface area contributed by atoms with E-state index >= 15 is 0 Å². The molecule has 4 heterocycles. The summed E-state index contributed by atoms with van der Waals surface area (Å²) in [5.74, 6) is 2.17. The average molecular weight is 464 g/mol. The minimum atomic E-state index is -0.0435. The molecule has 1 aromatic carbocycles. The van der Waals surface area contributed by atoms with Crippen molar-refractivity contribution in [3.63, 3.8) is 0 Å². The molecule has 1 saturated heterocycles. The molecular weight excluding hydrogens is 442 g/mol. The van der Waals surface area contributed by atoms with Crippen LogP contribution in [0.15, 0.2) is 48.9 Å². The third-order valence-corrected chi connectivity index (χ3v) is 5.91. The highest BCUT2D eigenvalue weighted by molar-refractivity contribution is 6.29. The highest BCUT2D eigenvalue weighted by Gasteiger charge is 2.26. The summed E-state index contributed by atoms with van der Waals surface area (Å²) >= 11 is 6.06. The summed E-state index contributed by atoms with van der Waals surface area (Å²) in [4.78, 5) is 30.0. The lowest BCUT2D eigenvalue weighted by Crippen LogP contribution is -2.49. The van der Waals surface area contributed by atoms with Crippen LogP contribution in [0.2, 0.25) is 5.15 Å². The first-order valence-corrected chi connectivity index (χ1v) is 10.9. The molecule has 0 bridgehead atoms. The topological polar surface area (TPSA) is 88.8 Å². The van der Waals surface area contributed by atoms with E-state index in [1.807, 2.05) is 42.3 Å². The number of ether oxygens (including phenoxy) is 1. The van der Waals surface area contributed by atoms with E-state index in [1.54, 1.807) is 23.8 Å². The molecule has 0 radical (unpaired) electrons. The SMILES string of the molecule is COc1ccc(-c2cnc3ncnn3c2N2CCN(C(=O)c3cc(C)nc(Cl)c3)CC2)cc1. The van der Waals surface area contributed by atoms with Gasteiger partial charge in [0, 0.05) is 49.2 Å². The summed E-state index contributed by atoms with van der Waals surface area (Å²) < 4.78 is 7.04. The second kappa shape index (κ2) is 8.67. The molecule has 0 unspecified atom stereocenters. The van der Waals surface area contributed by atoms with Crippen LogP contribution in [0.25, 0.3) is 16.9 Å². The Labute approximate surface area is 195 Å². The van der Waals surface area contributed by atoms with Crippen molar-refractivity contribution < 1.29 is 9.53 Å². The fourth-order valence-corrected chi connectivity index (χ4v) is 4.35. The van der Waals surface area contributed by atoms with E-state index in [4.69, 9.17) is 16.3 Å². The molecule has 1 aliphatic rings. The Morgan fingerprint density at radius 2 is 1.82 bits per heavy atom. The minimum absolute atomic E-state index is 0.0435. The maximum absolute atomic E-state index is 13.0. The molecule has 3 aromatic heterocycles. The van der Waals surface area contributed by atoms with Gasteiger partial charge in [0.15, 0.2) is 0 Å². The van der Waals surface area contributed by atoms with Gasteiger partial charge in [0.05, 0.1) is 7.11 Å². The third-order valence-electron chi connectivity index (χ3n) is 5.72. The largest absolute Gasteiger partial charge is 0.497 e. The van der Waals surface area contributed by atoms with Crippen LogP contribution < -0.4 is 9.64 Å². The van der Waals surface area contributed by atoms with Crippen molar-refractivity contribution in [3.8, 4) is 16.9 Å². The Kier molecular flexibility index (Phi) is 5.55. The lowest BCUT2D eigenvalue weighted by molar-refractivity contribution is 0.0746. The smallest absolute Gasteiger partial charge is 0.254 e. The maximum Gasteiger partial charge on any atom is 0.254 e. The van der Waals surface area contributed by atoms with Gasteiger partial charge in [-0.05, 0) is 36.8 Å². The molecule has 168 valence electrons. The lowest BCUT2D eigenvalue weighted by atomic mass is 10.1. The van der Waals surface area contributed by atoms with Crippen LogP contribution in [0.4, 0.5) is 5.82 Å². The Hall–Kier alpha value is -3.72. The Morgan fingerprint density at radius 3 is 2.52 bits per heavy atom. The molecule has 33 heavy (non-hydrogen) atoms. The highest BCUT2D eigenvalue weighted by Crippen LogP contribution is 2.32. The zero-order chi connectivity index (χ0) is 22.9. The summed E-state index contributed by atoms with van der Waals surface area (Å²) in [5, 5.41) is 4.73. The first kappa shape index (κ1) is 21.1. The molecule has 0 spiro atoms. The van der Waals surface area contributed by atoms with E-state index in [1.165, 1.54) is 6.33 Å². The van der Waals surface area contributed by atoms with Crippen LogP contribution >= 0.6 is 11.6 Å². The molecular formula is C23H22ClN7O2. The van der Waals surface area contributed by atoms with Gasteiger partial charge in [-0.1, -0.05) is 23.7 Å². The molecule has 1 amide bonds. The van der Waals surface area contributed by atoms with Gasteiger partial charge in [0.2, 0.25) is 0 Å². The van der Waals surface area contributed by atoms with E-state index in [0.29, 0.717) is 42.7 Å². The van der Waals surface area contributed by atoms with Crippen LogP contribution in [0.3, 0.4) is 0 Å². The predicted octanol–water partition coefficient (Wildman–Crippen LogP) is 3.12. The lowest BCUT2D eigenvalue weighted by Gasteiger charge is -2.36.